The van der Waals surface area contributed by atoms with Crippen molar-refractivity contribution in [3.8, 4) is 17.5 Å². The molecule has 4 fully saturated rings. The minimum atomic E-state index is -5.35. The Morgan fingerprint density at radius 3 is 2.47 bits per heavy atom. The zero-order valence-corrected chi connectivity index (χ0v) is 37.1. The third-order valence-corrected chi connectivity index (χ3v) is 15.8. The van der Waals surface area contributed by atoms with E-state index in [-0.39, 0.29) is 73.5 Å². The van der Waals surface area contributed by atoms with Gasteiger partial charge in [-0.1, -0.05) is 32.4 Å². The summed E-state index contributed by atoms with van der Waals surface area (Å²) in [5.41, 5.74) is -1.93. The summed E-state index contributed by atoms with van der Waals surface area (Å²) >= 11 is 0. The first kappa shape index (κ1) is 47.1. The Balaban J connectivity index is 1.38. The van der Waals surface area contributed by atoms with Gasteiger partial charge in [0.05, 0.1) is 31.6 Å². The number of carbonyl (C=O) groups is 4. The first-order chi connectivity index (χ1) is 30.2. The summed E-state index contributed by atoms with van der Waals surface area (Å²) in [5.74, 6) is -7.18. The SMILES string of the molecule is CC[C@@H]1C[C@H](C)CC/C=C\[C@@H]2C[C@@]2(C(=O)NS(=O)(=O)C2(C)CC2)NC(=O)[C@@H]2C[C@@H](Oc3nc(OC)cc4cc(OC)c(F)cc34)C(C(F)(F)F)N2C(=O)[C@H]1N(C(=O)O)C1CCCOC1. The number of sulfonamides is 1. The van der Waals surface area contributed by atoms with Crippen molar-refractivity contribution >= 4 is 44.6 Å². The Kier molecular flexibility index (Phi) is 13.1. The molecule has 352 valence electrons. The second-order valence-corrected chi connectivity index (χ2v) is 20.2. The first-order valence-corrected chi connectivity index (χ1v) is 23.1. The fraction of sp³-hybridized carbons (Fsp3) is 0.651. The zero-order valence-electron chi connectivity index (χ0n) is 36.3. The molecule has 21 heteroatoms. The average molecular weight is 926 g/mol. The molecule has 9 atom stereocenters. The Morgan fingerprint density at radius 2 is 1.86 bits per heavy atom. The zero-order chi connectivity index (χ0) is 46.5. The summed E-state index contributed by atoms with van der Waals surface area (Å²) < 4.78 is 113. The Morgan fingerprint density at radius 1 is 1.12 bits per heavy atom. The molecule has 3 N–H and O–H groups in total. The van der Waals surface area contributed by atoms with Gasteiger partial charge < -0.3 is 34.3 Å². The van der Waals surface area contributed by atoms with Crippen LogP contribution in [0.3, 0.4) is 0 Å². The van der Waals surface area contributed by atoms with Gasteiger partial charge in [0.15, 0.2) is 17.6 Å². The number of carbonyl (C=O) groups excluding carboxylic acids is 3. The third-order valence-electron chi connectivity index (χ3n) is 13.6. The summed E-state index contributed by atoms with van der Waals surface area (Å²) in [5, 5.41) is 13.5. The van der Waals surface area contributed by atoms with Gasteiger partial charge >= 0.3 is 12.3 Å². The Labute approximate surface area is 368 Å². The maximum absolute atomic E-state index is 16.0. The number of halogens is 4. The standard InChI is InChI=1S/C43H55F4N5O11S/c1-6-24-16-23(2)10-7-8-11-26-21-42(26,39(55)50-64(58,59)41(3)13-14-41)49-36(53)30-20-32(63-37-28-19-29(44)31(60-4)17-25(28)18-33(48-37)61-5)35(43(45,46)47)52(30)38(54)34(24)51(40(56)57)27-12-9-15-62-22-27/h8,11,17-19,23-24,26-27,30,32,34-35H,6-7,9-10,12-16,20-22H2,1-5H3,(H,49,53)(H,50,55)(H,56,57)/b11-8-/t23-,24-,26-,27?,30+,32-,34+,35?,42-/m1/s1. The van der Waals surface area contributed by atoms with Crippen LogP contribution in [0.25, 0.3) is 10.8 Å². The lowest BCUT2D eigenvalue weighted by Crippen LogP contribution is -2.65. The molecule has 2 saturated heterocycles. The van der Waals surface area contributed by atoms with Crippen molar-refractivity contribution in [2.45, 2.75) is 132 Å². The molecule has 2 unspecified atom stereocenters. The van der Waals surface area contributed by atoms with E-state index in [4.69, 9.17) is 18.9 Å². The predicted molar refractivity (Wildman–Crippen MR) is 221 cm³/mol. The van der Waals surface area contributed by atoms with E-state index in [0.717, 1.165) is 11.0 Å². The van der Waals surface area contributed by atoms with Crippen LogP contribution in [0.4, 0.5) is 22.4 Å². The summed E-state index contributed by atoms with van der Waals surface area (Å²) in [6.45, 7) is 5.26. The lowest BCUT2D eigenvalue weighted by atomic mass is 9.83. The number of ether oxygens (including phenoxy) is 4. The van der Waals surface area contributed by atoms with Crippen LogP contribution in [0.2, 0.25) is 0 Å². The maximum atomic E-state index is 16.0. The Hall–Kier alpha value is -4.92. The molecule has 2 saturated carbocycles. The monoisotopic (exact) mass is 925 g/mol. The number of aromatic nitrogens is 1. The van der Waals surface area contributed by atoms with Gasteiger partial charge in [0.2, 0.25) is 33.6 Å². The smallest absolute Gasteiger partial charge is 0.412 e. The highest BCUT2D eigenvalue weighted by Crippen LogP contribution is 2.49. The highest BCUT2D eigenvalue weighted by atomic mass is 32.2. The van der Waals surface area contributed by atoms with E-state index in [9.17, 15) is 27.9 Å². The van der Waals surface area contributed by atoms with Gasteiger partial charge in [0.1, 0.15) is 23.7 Å². The number of allylic oxidation sites excluding steroid dienone is 1. The number of benzene rings is 1. The average Bonchev–Trinajstić information content (AvgIpc) is 4.13. The lowest BCUT2D eigenvalue weighted by molar-refractivity contribution is -0.200. The van der Waals surface area contributed by atoms with E-state index in [1.54, 1.807) is 19.1 Å². The van der Waals surface area contributed by atoms with Crippen molar-refractivity contribution in [2.24, 2.45) is 17.8 Å². The molecule has 64 heavy (non-hydrogen) atoms. The molecule has 4 amide bonds. The second-order valence-electron chi connectivity index (χ2n) is 18.0. The van der Waals surface area contributed by atoms with Crippen LogP contribution < -0.4 is 24.2 Å². The molecule has 0 radical (unpaired) electrons. The van der Waals surface area contributed by atoms with E-state index in [0.29, 0.717) is 30.8 Å². The van der Waals surface area contributed by atoms with Gasteiger partial charge in [0.25, 0.3) is 5.91 Å². The molecule has 1 aromatic heterocycles. The van der Waals surface area contributed by atoms with Crippen molar-refractivity contribution in [2.75, 3.05) is 27.4 Å². The minimum Gasteiger partial charge on any atom is -0.494 e. The van der Waals surface area contributed by atoms with Crippen molar-refractivity contribution in [3.63, 3.8) is 0 Å². The molecule has 16 nitrogen and oxygen atoms in total. The van der Waals surface area contributed by atoms with Gasteiger partial charge in [-0.25, -0.2) is 17.6 Å². The highest BCUT2D eigenvalue weighted by Gasteiger charge is 2.66. The molecule has 0 spiro atoms. The number of nitrogens with zero attached hydrogens (tertiary/aromatic N) is 3. The summed E-state index contributed by atoms with van der Waals surface area (Å²) in [4.78, 5) is 63.3. The van der Waals surface area contributed by atoms with E-state index in [1.807, 2.05) is 6.92 Å². The number of alkyl halides is 3. The normalized spacial score (nSPS) is 31.3. The van der Waals surface area contributed by atoms with Crippen LogP contribution in [0.1, 0.15) is 85.0 Å². The van der Waals surface area contributed by atoms with Crippen molar-refractivity contribution in [1.82, 2.24) is 24.8 Å². The van der Waals surface area contributed by atoms with Crippen LogP contribution in [0.5, 0.6) is 17.5 Å². The fourth-order valence-electron chi connectivity index (χ4n) is 9.54. The first-order valence-electron chi connectivity index (χ1n) is 21.6. The highest BCUT2D eigenvalue weighted by molar-refractivity contribution is 7.91. The van der Waals surface area contributed by atoms with Crippen LogP contribution >= 0.6 is 0 Å². The number of pyridine rings is 1. The lowest BCUT2D eigenvalue weighted by Gasteiger charge is -2.44. The van der Waals surface area contributed by atoms with Gasteiger partial charge in [-0.05, 0) is 87.6 Å². The molecule has 2 aliphatic carbocycles. The molecular formula is C43H55F4N5O11S. The van der Waals surface area contributed by atoms with Gasteiger partial charge in [-0.3, -0.25) is 24.0 Å². The molecule has 4 heterocycles. The maximum Gasteiger partial charge on any atom is 0.412 e. The van der Waals surface area contributed by atoms with Crippen molar-refractivity contribution in [3.05, 3.63) is 36.2 Å². The second kappa shape index (κ2) is 17.8. The largest absolute Gasteiger partial charge is 0.494 e. The summed E-state index contributed by atoms with van der Waals surface area (Å²) in [7, 11) is -1.78. The van der Waals surface area contributed by atoms with Gasteiger partial charge in [-0.15, -0.1) is 0 Å². The van der Waals surface area contributed by atoms with Gasteiger partial charge in [-0.2, -0.15) is 18.2 Å². The molecule has 7 rings (SSSR count). The number of carboxylic acid groups (broad SMARTS) is 1. The van der Waals surface area contributed by atoms with Crippen LogP contribution in [0, 0.1) is 23.6 Å². The number of nitrogens with one attached hydrogen (secondary N) is 2. The van der Waals surface area contributed by atoms with Crippen molar-refractivity contribution < 1.29 is 69.2 Å². The number of amides is 4. The molecule has 2 aromatic rings. The van der Waals surface area contributed by atoms with Gasteiger partial charge in [0, 0.05) is 30.4 Å². The number of rotatable bonds is 10. The van der Waals surface area contributed by atoms with E-state index in [1.165, 1.54) is 33.3 Å². The Bertz CT molecular complexity index is 2290. The van der Waals surface area contributed by atoms with E-state index < -0.39 is 111 Å². The molecule has 1 aromatic carbocycles. The minimum absolute atomic E-state index is 0.0960. The number of methoxy groups -OCH3 is 2. The molecule has 0 bridgehead atoms. The quantitative estimate of drug-likeness (QED) is 0.201. The van der Waals surface area contributed by atoms with Crippen LogP contribution in [-0.2, 0) is 29.1 Å². The summed E-state index contributed by atoms with van der Waals surface area (Å²) in [6.07, 6.45) is -3.95. The number of fused-ring (bicyclic) bond motifs is 3. The number of hydrogen-bond donors (Lipinski definition) is 3. The third kappa shape index (κ3) is 9.02. The predicted octanol–water partition coefficient (Wildman–Crippen LogP) is 5.47. The van der Waals surface area contributed by atoms with E-state index in [2.05, 4.69) is 15.0 Å². The number of hydrogen-bond acceptors (Lipinski definition) is 11. The van der Waals surface area contributed by atoms with Crippen molar-refractivity contribution in [1.29, 1.82) is 0 Å². The van der Waals surface area contributed by atoms with E-state index >= 15 is 22.4 Å². The summed E-state index contributed by atoms with van der Waals surface area (Å²) in [6, 6.07) is -4.07. The molecular weight excluding hydrogens is 871 g/mol. The van der Waals surface area contributed by atoms with Crippen LogP contribution in [-0.4, -0.2) is 126 Å². The molecule has 3 aliphatic heterocycles. The van der Waals surface area contributed by atoms with Crippen LogP contribution in [0.15, 0.2) is 30.4 Å². The fourth-order valence-corrected chi connectivity index (χ4v) is 10.9. The topological polar surface area (TPSA) is 203 Å². The molecule has 5 aliphatic rings.